The first-order valence-electron chi connectivity index (χ1n) is 8.25. The van der Waals surface area contributed by atoms with Gasteiger partial charge in [-0.3, -0.25) is 0 Å². The highest BCUT2D eigenvalue weighted by atomic mass is 16.5. The van der Waals surface area contributed by atoms with Crippen LogP contribution in [-0.2, 0) is 0 Å². The Morgan fingerprint density at radius 2 is 1.38 bits per heavy atom. The van der Waals surface area contributed by atoms with Gasteiger partial charge in [-0.05, 0) is 36.2 Å². The molecular weight excluding hydrogens is 322 g/mol. The molecule has 0 saturated carbocycles. The smallest absolute Gasteiger partial charge is 0.119 e. The maximum absolute atomic E-state index is 9.62. The molecule has 3 aromatic rings. The summed E-state index contributed by atoms with van der Waals surface area (Å²) in [4.78, 5) is 0. The number of rotatable bonds is 4. The molecule has 3 aromatic carbocycles. The maximum atomic E-state index is 9.62. The number of anilines is 1. The zero-order valence-corrected chi connectivity index (χ0v) is 14.4. The van der Waals surface area contributed by atoms with Gasteiger partial charge in [0.1, 0.15) is 17.9 Å². The Morgan fingerprint density at radius 3 is 1.88 bits per heavy atom. The summed E-state index contributed by atoms with van der Waals surface area (Å²) in [6, 6.07) is 23.2. The molecule has 0 unspecified atom stereocenters. The molecular formula is C22H17N3O. The molecule has 4 heteroatoms. The average molecular weight is 339 g/mol. The lowest BCUT2D eigenvalue weighted by molar-refractivity contribution is 0.340. The Labute approximate surface area is 152 Å². The van der Waals surface area contributed by atoms with E-state index in [2.05, 4.69) is 12.1 Å². The molecule has 26 heavy (non-hydrogen) atoms. The first kappa shape index (κ1) is 17.1. The van der Waals surface area contributed by atoms with E-state index in [0.717, 1.165) is 16.9 Å². The predicted molar refractivity (Wildman–Crippen MR) is 102 cm³/mol. The molecule has 3 rings (SSSR count). The van der Waals surface area contributed by atoms with E-state index >= 15 is 0 Å². The summed E-state index contributed by atoms with van der Waals surface area (Å²) < 4.78 is 5.47. The molecule has 0 radical (unpaired) electrons. The van der Waals surface area contributed by atoms with Gasteiger partial charge in [0.05, 0.1) is 23.4 Å². The zero-order valence-electron chi connectivity index (χ0n) is 14.4. The van der Waals surface area contributed by atoms with Crippen LogP contribution in [0.2, 0.25) is 0 Å². The van der Waals surface area contributed by atoms with E-state index in [0.29, 0.717) is 28.9 Å². The number of hydrogen-bond acceptors (Lipinski definition) is 4. The van der Waals surface area contributed by atoms with Crippen molar-refractivity contribution in [1.82, 2.24) is 0 Å². The number of benzene rings is 3. The van der Waals surface area contributed by atoms with Gasteiger partial charge in [-0.15, -0.1) is 0 Å². The lowest BCUT2D eigenvalue weighted by Gasteiger charge is -2.14. The van der Waals surface area contributed by atoms with Crippen LogP contribution in [0.5, 0.6) is 5.75 Å². The minimum absolute atomic E-state index is 0.209. The van der Waals surface area contributed by atoms with Crippen LogP contribution in [0, 0.1) is 22.7 Å². The lowest BCUT2D eigenvalue weighted by Crippen LogP contribution is -2.00. The largest absolute Gasteiger partial charge is 0.494 e. The quantitative estimate of drug-likeness (QED) is 0.696. The van der Waals surface area contributed by atoms with Crippen LogP contribution >= 0.6 is 0 Å². The monoisotopic (exact) mass is 339 g/mol. The van der Waals surface area contributed by atoms with Gasteiger partial charge in [0.25, 0.3) is 0 Å². The number of nitriles is 2. The highest BCUT2D eigenvalue weighted by Gasteiger charge is 2.18. The van der Waals surface area contributed by atoms with Crippen LogP contribution in [0.3, 0.4) is 0 Å². The summed E-state index contributed by atoms with van der Waals surface area (Å²) in [5, 5.41) is 19.2. The van der Waals surface area contributed by atoms with Crippen molar-refractivity contribution in [2.45, 2.75) is 6.92 Å². The minimum Gasteiger partial charge on any atom is -0.494 e. The molecule has 0 spiro atoms. The SMILES string of the molecule is CCOc1ccc(-c2cc(-c3ccccc3)c(C#N)c(N)c2C#N)cc1. The van der Waals surface area contributed by atoms with Gasteiger partial charge in [0.2, 0.25) is 0 Å². The summed E-state index contributed by atoms with van der Waals surface area (Å²) in [7, 11) is 0. The van der Waals surface area contributed by atoms with Crippen LogP contribution in [0.15, 0.2) is 60.7 Å². The minimum atomic E-state index is 0.209. The number of nitrogens with two attached hydrogens (primary N) is 1. The van der Waals surface area contributed by atoms with Gasteiger partial charge in [0.15, 0.2) is 0 Å². The van der Waals surface area contributed by atoms with Crippen LogP contribution in [0.4, 0.5) is 5.69 Å². The van der Waals surface area contributed by atoms with Gasteiger partial charge >= 0.3 is 0 Å². The maximum Gasteiger partial charge on any atom is 0.119 e. The highest BCUT2D eigenvalue weighted by molar-refractivity contribution is 5.89. The fourth-order valence-corrected chi connectivity index (χ4v) is 2.92. The van der Waals surface area contributed by atoms with Gasteiger partial charge < -0.3 is 10.5 Å². The van der Waals surface area contributed by atoms with E-state index in [1.54, 1.807) is 0 Å². The van der Waals surface area contributed by atoms with Crippen LogP contribution in [0.1, 0.15) is 18.1 Å². The second-order valence-electron chi connectivity index (χ2n) is 5.68. The molecule has 4 nitrogen and oxygen atoms in total. The molecule has 0 aromatic heterocycles. The van der Waals surface area contributed by atoms with Crippen molar-refractivity contribution in [1.29, 1.82) is 10.5 Å². The predicted octanol–water partition coefficient (Wildman–Crippen LogP) is 4.74. The molecule has 2 N–H and O–H groups in total. The average Bonchev–Trinajstić information content (AvgIpc) is 2.69. The summed E-state index contributed by atoms with van der Waals surface area (Å²) >= 11 is 0. The molecule has 0 aliphatic heterocycles. The Bertz CT molecular complexity index is 1010. The van der Waals surface area contributed by atoms with Gasteiger partial charge in [-0.2, -0.15) is 10.5 Å². The molecule has 0 aliphatic carbocycles. The second-order valence-corrected chi connectivity index (χ2v) is 5.68. The van der Waals surface area contributed by atoms with Gasteiger partial charge in [-0.25, -0.2) is 0 Å². The number of ether oxygens (including phenoxy) is 1. The van der Waals surface area contributed by atoms with Gasteiger partial charge in [-0.1, -0.05) is 42.5 Å². The van der Waals surface area contributed by atoms with Crippen LogP contribution in [0.25, 0.3) is 22.3 Å². The number of nitrogens with zero attached hydrogens (tertiary/aromatic N) is 2. The summed E-state index contributed by atoms with van der Waals surface area (Å²) in [6.45, 7) is 2.51. The standard InChI is InChI=1S/C22H17N3O/c1-2-26-17-10-8-16(9-11-17)19-12-18(15-6-4-3-5-7-15)20(13-23)22(25)21(19)14-24/h3-12H,2,25H2,1H3. The van der Waals surface area contributed by atoms with Crippen molar-refractivity contribution in [3.63, 3.8) is 0 Å². The number of nitrogen functional groups attached to an aromatic ring is 1. The van der Waals surface area contributed by atoms with Crippen LogP contribution in [-0.4, -0.2) is 6.61 Å². The molecule has 0 heterocycles. The summed E-state index contributed by atoms with van der Waals surface area (Å²) in [5.74, 6) is 0.764. The first-order valence-corrected chi connectivity index (χ1v) is 8.25. The molecule has 0 fully saturated rings. The molecule has 0 atom stereocenters. The zero-order chi connectivity index (χ0) is 18.5. The topological polar surface area (TPSA) is 82.8 Å². The molecule has 126 valence electrons. The van der Waals surface area contributed by atoms with Crippen molar-refractivity contribution in [3.05, 3.63) is 71.8 Å². The number of hydrogen-bond donors (Lipinski definition) is 1. The highest BCUT2D eigenvalue weighted by Crippen LogP contribution is 2.37. The van der Waals surface area contributed by atoms with E-state index in [4.69, 9.17) is 10.5 Å². The second kappa shape index (κ2) is 7.42. The molecule has 0 amide bonds. The van der Waals surface area contributed by atoms with E-state index in [1.165, 1.54) is 0 Å². The molecule has 0 saturated heterocycles. The Hall–Kier alpha value is -3.76. The fourth-order valence-electron chi connectivity index (χ4n) is 2.92. The van der Waals surface area contributed by atoms with Crippen molar-refractivity contribution in [2.24, 2.45) is 0 Å². The van der Waals surface area contributed by atoms with E-state index < -0.39 is 0 Å². The molecule has 0 bridgehead atoms. The van der Waals surface area contributed by atoms with E-state index in [9.17, 15) is 10.5 Å². The van der Waals surface area contributed by atoms with Crippen LogP contribution < -0.4 is 10.5 Å². The van der Waals surface area contributed by atoms with Crippen molar-refractivity contribution < 1.29 is 4.74 Å². The summed E-state index contributed by atoms with van der Waals surface area (Å²) in [6.07, 6.45) is 0. The van der Waals surface area contributed by atoms with Gasteiger partial charge in [0, 0.05) is 11.1 Å². The lowest BCUT2D eigenvalue weighted by atomic mass is 9.89. The first-order chi connectivity index (χ1) is 12.7. The Balaban J connectivity index is 2.24. The fraction of sp³-hybridized carbons (Fsp3) is 0.0909. The van der Waals surface area contributed by atoms with E-state index in [1.807, 2.05) is 67.6 Å². The van der Waals surface area contributed by atoms with Crippen molar-refractivity contribution in [2.75, 3.05) is 12.3 Å². The van der Waals surface area contributed by atoms with E-state index in [-0.39, 0.29) is 5.69 Å². The normalized spacial score (nSPS) is 9.96. The third kappa shape index (κ3) is 3.09. The summed E-state index contributed by atoms with van der Waals surface area (Å²) in [5.41, 5.74) is 10.2. The van der Waals surface area contributed by atoms with Crippen molar-refractivity contribution in [3.8, 4) is 40.1 Å². The third-order valence-electron chi connectivity index (χ3n) is 4.15. The Kier molecular flexibility index (Phi) is 4.87. The third-order valence-corrected chi connectivity index (χ3v) is 4.15. The van der Waals surface area contributed by atoms with Crippen molar-refractivity contribution >= 4 is 5.69 Å². The Morgan fingerprint density at radius 1 is 0.846 bits per heavy atom. The molecule has 0 aliphatic rings.